The molecule has 1 unspecified atom stereocenters. The third-order valence-corrected chi connectivity index (χ3v) is 5.31. The molecule has 0 saturated carbocycles. The minimum atomic E-state index is -0.0871. The lowest BCUT2D eigenvalue weighted by atomic mass is 9.87. The predicted octanol–water partition coefficient (Wildman–Crippen LogP) is 4.56. The molecule has 1 fully saturated rings. The second kappa shape index (κ2) is 7.35. The number of hydrogen-bond donors (Lipinski definition) is 0. The Morgan fingerprint density at radius 3 is 2.38 bits per heavy atom. The first-order valence-corrected chi connectivity index (χ1v) is 9.74. The van der Waals surface area contributed by atoms with E-state index < -0.39 is 0 Å². The summed E-state index contributed by atoms with van der Waals surface area (Å²) in [5.41, 5.74) is 3.07. The molecule has 1 aliphatic rings. The van der Waals surface area contributed by atoms with Gasteiger partial charge in [-0.15, -0.1) is 0 Å². The molecule has 2 aromatic carbocycles. The topological polar surface area (TPSA) is 68.5 Å². The average molecular weight is 391 g/mol. The van der Waals surface area contributed by atoms with Crippen LogP contribution >= 0.6 is 0 Å². The van der Waals surface area contributed by atoms with E-state index in [4.69, 9.17) is 9.26 Å². The smallest absolute Gasteiger partial charge is 0.257 e. The molecule has 1 amide bonds. The summed E-state index contributed by atoms with van der Waals surface area (Å²) in [4.78, 5) is 18.9. The molecule has 0 N–H and O–H groups in total. The van der Waals surface area contributed by atoms with Gasteiger partial charge in [0.15, 0.2) is 5.82 Å². The predicted molar refractivity (Wildman–Crippen MR) is 111 cm³/mol. The lowest BCUT2D eigenvalue weighted by Crippen LogP contribution is -2.24. The number of amides is 1. The molecule has 150 valence electrons. The zero-order chi connectivity index (χ0) is 20.6. The molecular formula is C23H25N3O3. The van der Waals surface area contributed by atoms with Crippen LogP contribution in [0.1, 0.15) is 44.5 Å². The van der Waals surface area contributed by atoms with E-state index in [-0.39, 0.29) is 17.2 Å². The van der Waals surface area contributed by atoms with E-state index in [0.29, 0.717) is 24.7 Å². The maximum absolute atomic E-state index is 12.5. The zero-order valence-corrected chi connectivity index (χ0v) is 17.2. The molecule has 4 rings (SSSR count). The number of aromatic nitrogens is 2. The highest BCUT2D eigenvalue weighted by Gasteiger charge is 2.34. The van der Waals surface area contributed by atoms with Gasteiger partial charge in [-0.05, 0) is 47.4 Å². The number of rotatable bonds is 4. The number of methoxy groups -OCH3 is 1. The van der Waals surface area contributed by atoms with Crippen LogP contribution in [0.15, 0.2) is 53.1 Å². The fourth-order valence-electron chi connectivity index (χ4n) is 3.52. The Labute approximate surface area is 170 Å². The van der Waals surface area contributed by atoms with Gasteiger partial charge in [-0.1, -0.05) is 38.1 Å². The number of carbonyl (C=O) groups is 1. The van der Waals surface area contributed by atoms with Crippen molar-refractivity contribution in [2.45, 2.75) is 38.5 Å². The molecule has 2 heterocycles. The lowest BCUT2D eigenvalue weighted by Gasteiger charge is -2.18. The maximum atomic E-state index is 12.5. The van der Waals surface area contributed by atoms with Crippen molar-refractivity contribution >= 4 is 11.6 Å². The van der Waals surface area contributed by atoms with Gasteiger partial charge >= 0.3 is 0 Å². The molecule has 1 aromatic heterocycles. The van der Waals surface area contributed by atoms with E-state index in [2.05, 4.69) is 43.0 Å². The van der Waals surface area contributed by atoms with Crippen LogP contribution in [0.4, 0.5) is 5.69 Å². The molecule has 1 atom stereocenters. The van der Waals surface area contributed by atoms with Gasteiger partial charge in [-0.3, -0.25) is 4.79 Å². The fraction of sp³-hybridized carbons (Fsp3) is 0.348. The fourth-order valence-corrected chi connectivity index (χ4v) is 3.52. The molecule has 29 heavy (non-hydrogen) atoms. The molecule has 0 spiro atoms. The average Bonchev–Trinajstić information content (AvgIpc) is 3.34. The molecule has 1 saturated heterocycles. The number of carbonyl (C=O) groups excluding carboxylic acids is 1. The van der Waals surface area contributed by atoms with Gasteiger partial charge in [0.05, 0.1) is 7.11 Å². The highest BCUT2D eigenvalue weighted by molar-refractivity contribution is 5.96. The first kappa shape index (κ1) is 19.2. The third kappa shape index (κ3) is 3.88. The monoisotopic (exact) mass is 391 g/mol. The first-order valence-electron chi connectivity index (χ1n) is 9.74. The standard InChI is InChI=1S/C23H25N3O3/c1-23(2,3)17-7-5-15(6-8-17)22-24-21(25-29-22)16-13-20(27)26(14-16)18-9-11-19(28-4)12-10-18/h5-12,16H,13-14H2,1-4H3. The first-order chi connectivity index (χ1) is 13.8. The number of benzene rings is 2. The Hall–Kier alpha value is -3.15. The van der Waals surface area contributed by atoms with Crippen LogP contribution in [0.25, 0.3) is 11.5 Å². The summed E-state index contributed by atoms with van der Waals surface area (Å²) in [6.45, 7) is 7.07. The van der Waals surface area contributed by atoms with Crippen LogP contribution < -0.4 is 9.64 Å². The quantitative estimate of drug-likeness (QED) is 0.652. The Balaban J connectivity index is 1.50. The van der Waals surface area contributed by atoms with Gasteiger partial charge in [0.1, 0.15) is 5.75 Å². The molecule has 6 nitrogen and oxygen atoms in total. The Morgan fingerprint density at radius 2 is 1.76 bits per heavy atom. The Kier molecular flexibility index (Phi) is 4.86. The van der Waals surface area contributed by atoms with Crippen LogP contribution in [-0.4, -0.2) is 29.7 Å². The number of anilines is 1. The van der Waals surface area contributed by atoms with E-state index in [9.17, 15) is 4.79 Å². The van der Waals surface area contributed by atoms with Crippen molar-refractivity contribution in [3.63, 3.8) is 0 Å². The van der Waals surface area contributed by atoms with Crippen molar-refractivity contribution in [3.05, 3.63) is 59.9 Å². The van der Waals surface area contributed by atoms with Gasteiger partial charge in [0, 0.05) is 30.1 Å². The molecular weight excluding hydrogens is 366 g/mol. The molecule has 0 bridgehead atoms. The van der Waals surface area contributed by atoms with E-state index in [0.717, 1.165) is 17.0 Å². The second-order valence-electron chi connectivity index (χ2n) is 8.39. The van der Waals surface area contributed by atoms with Crippen LogP contribution in [0.5, 0.6) is 5.75 Å². The minimum absolute atomic E-state index is 0.0565. The summed E-state index contributed by atoms with van der Waals surface area (Å²) in [5.74, 6) is 1.79. The third-order valence-electron chi connectivity index (χ3n) is 5.31. The Bertz CT molecular complexity index is 1000. The summed E-state index contributed by atoms with van der Waals surface area (Å²) in [7, 11) is 1.62. The van der Waals surface area contributed by atoms with E-state index >= 15 is 0 Å². The largest absolute Gasteiger partial charge is 0.497 e. The van der Waals surface area contributed by atoms with Crippen molar-refractivity contribution in [1.29, 1.82) is 0 Å². The van der Waals surface area contributed by atoms with Crippen molar-refractivity contribution in [2.75, 3.05) is 18.6 Å². The maximum Gasteiger partial charge on any atom is 0.257 e. The van der Waals surface area contributed by atoms with Crippen molar-refractivity contribution in [2.24, 2.45) is 0 Å². The summed E-state index contributed by atoms with van der Waals surface area (Å²) in [6, 6.07) is 15.7. The second-order valence-corrected chi connectivity index (χ2v) is 8.39. The van der Waals surface area contributed by atoms with Gasteiger partial charge in [0.25, 0.3) is 5.89 Å². The number of ether oxygens (including phenoxy) is 1. The summed E-state index contributed by atoms with van der Waals surface area (Å²) in [6.07, 6.45) is 0.369. The Morgan fingerprint density at radius 1 is 1.07 bits per heavy atom. The summed E-state index contributed by atoms with van der Waals surface area (Å²) < 4.78 is 10.7. The van der Waals surface area contributed by atoms with Gasteiger partial charge in [-0.2, -0.15) is 4.98 Å². The van der Waals surface area contributed by atoms with Crippen molar-refractivity contribution in [3.8, 4) is 17.2 Å². The summed E-state index contributed by atoms with van der Waals surface area (Å²) >= 11 is 0. The van der Waals surface area contributed by atoms with E-state index in [1.807, 2.05) is 36.4 Å². The van der Waals surface area contributed by atoms with E-state index in [1.165, 1.54) is 5.56 Å². The highest BCUT2D eigenvalue weighted by atomic mass is 16.5. The van der Waals surface area contributed by atoms with Gasteiger partial charge in [0.2, 0.25) is 5.91 Å². The van der Waals surface area contributed by atoms with Crippen LogP contribution in [0.3, 0.4) is 0 Å². The van der Waals surface area contributed by atoms with E-state index in [1.54, 1.807) is 12.0 Å². The lowest BCUT2D eigenvalue weighted by molar-refractivity contribution is -0.117. The van der Waals surface area contributed by atoms with Crippen molar-refractivity contribution < 1.29 is 14.1 Å². The van der Waals surface area contributed by atoms with Crippen LogP contribution in [0, 0.1) is 0 Å². The molecule has 6 heteroatoms. The van der Waals surface area contributed by atoms with Crippen LogP contribution in [0.2, 0.25) is 0 Å². The van der Waals surface area contributed by atoms with Crippen LogP contribution in [-0.2, 0) is 10.2 Å². The SMILES string of the molecule is COc1ccc(N2CC(c3noc(-c4ccc(C(C)(C)C)cc4)n3)CC2=O)cc1. The minimum Gasteiger partial charge on any atom is -0.497 e. The van der Waals surface area contributed by atoms with Gasteiger partial charge in [-0.25, -0.2) is 0 Å². The molecule has 3 aromatic rings. The summed E-state index contributed by atoms with van der Waals surface area (Å²) in [5, 5.41) is 4.15. The zero-order valence-electron chi connectivity index (χ0n) is 17.2. The van der Waals surface area contributed by atoms with Crippen molar-refractivity contribution in [1.82, 2.24) is 10.1 Å². The highest BCUT2D eigenvalue weighted by Crippen LogP contribution is 2.32. The number of nitrogens with zero attached hydrogens (tertiary/aromatic N) is 3. The normalized spacial score (nSPS) is 17.0. The molecule has 1 aliphatic heterocycles. The number of hydrogen-bond acceptors (Lipinski definition) is 5. The molecule has 0 aliphatic carbocycles. The van der Waals surface area contributed by atoms with Gasteiger partial charge < -0.3 is 14.2 Å². The molecule has 0 radical (unpaired) electrons.